The number of anilines is 1. The number of rotatable bonds is 3. The minimum atomic E-state index is -0.841. The highest BCUT2D eigenvalue weighted by Gasteiger charge is 2.21. The second kappa shape index (κ2) is 5.82. The lowest BCUT2D eigenvalue weighted by Crippen LogP contribution is -2.25. The molecule has 0 saturated heterocycles. The molecule has 1 saturated carbocycles. The van der Waals surface area contributed by atoms with Crippen LogP contribution in [0.5, 0.6) is 0 Å². The van der Waals surface area contributed by atoms with Gasteiger partial charge in [-0.25, -0.2) is 4.39 Å². The molecule has 0 aromatic heterocycles. The molecule has 0 radical (unpaired) electrons. The molecule has 4 nitrogen and oxygen atoms in total. The summed E-state index contributed by atoms with van der Waals surface area (Å²) in [7, 11) is 0. The molecule has 0 bridgehead atoms. The van der Waals surface area contributed by atoms with Crippen LogP contribution < -0.4 is 11.1 Å². The fourth-order valence-corrected chi connectivity index (χ4v) is 2.40. The van der Waals surface area contributed by atoms with Gasteiger partial charge >= 0.3 is 0 Å². The summed E-state index contributed by atoms with van der Waals surface area (Å²) in [5.74, 6) is -1.58. The molecule has 5 heteroatoms. The number of benzene rings is 1. The molecular weight excluding hydrogens is 247 g/mol. The van der Waals surface area contributed by atoms with E-state index in [1.807, 2.05) is 0 Å². The summed E-state index contributed by atoms with van der Waals surface area (Å²) >= 11 is 0. The average Bonchev–Trinajstić information content (AvgIpc) is 2.41. The van der Waals surface area contributed by atoms with E-state index in [4.69, 9.17) is 5.73 Å². The predicted octanol–water partition coefficient (Wildman–Crippen LogP) is 2.44. The van der Waals surface area contributed by atoms with Crippen LogP contribution >= 0.6 is 0 Å². The summed E-state index contributed by atoms with van der Waals surface area (Å²) < 4.78 is 13.3. The number of nitrogens with two attached hydrogens (primary N) is 1. The number of nitrogens with one attached hydrogen (secondary N) is 1. The van der Waals surface area contributed by atoms with Crippen LogP contribution in [-0.4, -0.2) is 11.8 Å². The predicted molar refractivity (Wildman–Crippen MR) is 70.1 cm³/mol. The molecule has 0 aliphatic heterocycles. The maximum atomic E-state index is 13.3. The first kappa shape index (κ1) is 13.5. The van der Waals surface area contributed by atoms with Gasteiger partial charge in [0.05, 0.1) is 5.56 Å². The second-order valence-corrected chi connectivity index (χ2v) is 4.88. The molecule has 0 heterocycles. The van der Waals surface area contributed by atoms with Crippen molar-refractivity contribution in [1.29, 1.82) is 0 Å². The van der Waals surface area contributed by atoms with E-state index in [0.717, 1.165) is 31.7 Å². The zero-order valence-corrected chi connectivity index (χ0v) is 10.6. The van der Waals surface area contributed by atoms with Gasteiger partial charge in [-0.15, -0.1) is 0 Å². The standard InChI is InChI=1S/C14H17FN2O2/c15-12-7-6-10(8-11(12)13(16)18)17-14(19)9-4-2-1-3-5-9/h6-9H,1-5H2,(H2,16,18)(H,17,19). The lowest BCUT2D eigenvalue weighted by molar-refractivity contribution is -0.120. The van der Waals surface area contributed by atoms with Gasteiger partial charge in [-0.05, 0) is 31.0 Å². The largest absolute Gasteiger partial charge is 0.366 e. The highest BCUT2D eigenvalue weighted by atomic mass is 19.1. The smallest absolute Gasteiger partial charge is 0.251 e. The molecule has 1 fully saturated rings. The van der Waals surface area contributed by atoms with Crippen LogP contribution in [0.15, 0.2) is 18.2 Å². The van der Waals surface area contributed by atoms with Gasteiger partial charge in [-0.3, -0.25) is 9.59 Å². The average molecular weight is 264 g/mol. The van der Waals surface area contributed by atoms with Crippen LogP contribution in [0.3, 0.4) is 0 Å². The molecule has 102 valence electrons. The van der Waals surface area contributed by atoms with Crippen LogP contribution in [0.4, 0.5) is 10.1 Å². The van der Waals surface area contributed by atoms with Crippen LogP contribution in [0.1, 0.15) is 42.5 Å². The van der Waals surface area contributed by atoms with Crippen molar-refractivity contribution >= 4 is 17.5 Å². The Morgan fingerprint density at radius 3 is 2.53 bits per heavy atom. The van der Waals surface area contributed by atoms with Gasteiger partial charge in [-0.2, -0.15) is 0 Å². The fourth-order valence-electron chi connectivity index (χ4n) is 2.40. The van der Waals surface area contributed by atoms with Crippen molar-refractivity contribution in [2.75, 3.05) is 5.32 Å². The summed E-state index contributed by atoms with van der Waals surface area (Å²) in [6.07, 6.45) is 5.07. The number of primary amides is 1. The quantitative estimate of drug-likeness (QED) is 0.880. The molecule has 3 N–H and O–H groups in total. The molecular formula is C14H17FN2O2. The molecule has 0 spiro atoms. The number of carbonyl (C=O) groups is 2. The molecule has 0 unspecified atom stereocenters. The van der Waals surface area contributed by atoms with Crippen LogP contribution in [0.2, 0.25) is 0 Å². The van der Waals surface area contributed by atoms with Crippen LogP contribution in [-0.2, 0) is 4.79 Å². The topological polar surface area (TPSA) is 72.2 Å². The van der Waals surface area contributed by atoms with E-state index < -0.39 is 11.7 Å². The number of halogens is 1. The minimum Gasteiger partial charge on any atom is -0.366 e. The van der Waals surface area contributed by atoms with Crippen molar-refractivity contribution in [2.45, 2.75) is 32.1 Å². The highest BCUT2D eigenvalue weighted by Crippen LogP contribution is 2.25. The van der Waals surface area contributed by atoms with E-state index in [1.165, 1.54) is 18.6 Å². The Hall–Kier alpha value is -1.91. The lowest BCUT2D eigenvalue weighted by Gasteiger charge is -2.20. The van der Waals surface area contributed by atoms with Gasteiger partial charge in [0.2, 0.25) is 5.91 Å². The lowest BCUT2D eigenvalue weighted by atomic mass is 9.88. The Balaban J connectivity index is 2.08. The molecule has 1 aromatic carbocycles. The first-order chi connectivity index (χ1) is 9.08. The van der Waals surface area contributed by atoms with Gasteiger partial charge < -0.3 is 11.1 Å². The van der Waals surface area contributed by atoms with E-state index in [9.17, 15) is 14.0 Å². The Morgan fingerprint density at radius 1 is 1.21 bits per heavy atom. The van der Waals surface area contributed by atoms with Crippen molar-refractivity contribution < 1.29 is 14.0 Å². The maximum absolute atomic E-state index is 13.3. The molecule has 19 heavy (non-hydrogen) atoms. The summed E-state index contributed by atoms with van der Waals surface area (Å²) in [6.45, 7) is 0. The Morgan fingerprint density at radius 2 is 1.89 bits per heavy atom. The zero-order chi connectivity index (χ0) is 13.8. The summed E-state index contributed by atoms with van der Waals surface area (Å²) in [4.78, 5) is 23.0. The number of carbonyl (C=O) groups excluding carboxylic acids is 2. The van der Waals surface area contributed by atoms with Crippen molar-refractivity contribution in [2.24, 2.45) is 11.7 Å². The fraction of sp³-hybridized carbons (Fsp3) is 0.429. The summed E-state index contributed by atoms with van der Waals surface area (Å²) in [6, 6.07) is 3.84. The number of hydrogen-bond donors (Lipinski definition) is 2. The van der Waals surface area contributed by atoms with E-state index in [2.05, 4.69) is 5.32 Å². The van der Waals surface area contributed by atoms with E-state index >= 15 is 0 Å². The number of hydrogen-bond acceptors (Lipinski definition) is 2. The molecule has 2 amide bonds. The third kappa shape index (κ3) is 3.30. The van der Waals surface area contributed by atoms with Crippen molar-refractivity contribution in [3.8, 4) is 0 Å². The van der Waals surface area contributed by atoms with Crippen molar-refractivity contribution in [1.82, 2.24) is 0 Å². The first-order valence-electron chi connectivity index (χ1n) is 6.48. The third-order valence-electron chi connectivity index (χ3n) is 3.48. The Bertz CT molecular complexity index is 496. The monoisotopic (exact) mass is 264 g/mol. The second-order valence-electron chi connectivity index (χ2n) is 4.88. The SMILES string of the molecule is NC(=O)c1cc(NC(=O)C2CCCCC2)ccc1F. The van der Waals surface area contributed by atoms with Crippen LogP contribution in [0, 0.1) is 11.7 Å². The Labute approximate surface area is 111 Å². The van der Waals surface area contributed by atoms with E-state index in [-0.39, 0.29) is 17.4 Å². The molecule has 2 rings (SSSR count). The Kier molecular flexibility index (Phi) is 4.14. The van der Waals surface area contributed by atoms with Crippen molar-refractivity contribution in [3.63, 3.8) is 0 Å². The van der Waals surface area contributed by atoms with Crippen LogP contribution in [0.25, 0.3) is 0 Å². The first-order valence-corrected chi connectivity index (χ1v) is 6.48. The third-order valence-corrected chi connectivity index (χ3v) is 3.48. The van der Waals surface area contributed by atoms with Gasteiger partial charge in [0, 0.05) is 11.6 Å². The maximum Gasteiger partial charge on any atom is 0.251 e. The van der Waals surface area contributed by atoms with E-state index in [0.29, 0.717) is 5.69 Å². The molecule has 1 aliphatic carbocycles. The van der Waals surface area contributed by atoms with Crippen molar-refractivity contribution in [3.05, 3.63) is 29.6 Å². The van der Waals surface area contributed by atoms with Gasteiger partial charge in [0.15, 0.2) is 0 Å². The van der Waals surface area contributed by atoms with Gasteiger partial charge in [0.25, 0.3) is 5.91 Å². The molecule has 0 atom stereocenters. The summed E-state index contributed by atoms with van der Waals surface area (Å²) in [5.41, 5.74) is 5.27. The number of amides is 2. The normalized spacial score (nSPS) is 16.1. The minimum absolute atomic E-state index is 0.0100. The molecule has 1 aliphatic rings. The van der Waals surface area contributed by atoms with Gasteiger partial charge in [0.1, 0.15) is 5.82 Å². The zero-order valence-electron chi connectivity index (χ0n) is 10.6. The summed E-state index contributed by atoms with van der Waals surface area (Å²) in [5, 5.41) is 2.72. The molecule has 1 aromatic rings. The van der Waals surface area contributed by atoms with Gasteiger partial charge in [-0.1, -0.05) is 19.3 Å². The highest BCUT2D eigenvalue weighted by molar-refractivity contribution is 5.97. The van der Waals surface area contributed by atoms with E-state index in [1.54, 1.807) is 0 Å².